The van der Waals surface area contributed by atoms with Crippen LogP contribution in [0.1, 0.15) is 33.1 Å². The molecule has 0 aliphatic rings. The molecule has 0 unspecified atom stereocenters. The normalized spacial score (nSPS) is 11.6. The van der Waals surface area contributed by atoms with Gasteiger partial charge in [0.25, 0.3) is 17.5 Å². The molecular formula is C17H15F3N6O2. The molecule has 0 atom stereocenters. The Morgan fingerprint density at radius 3 is 2.50 bits per heavy atom. The van der Waals surface area contributed by atoms with Gasteiger partial charge in [-0.05, 0) is 26.0 Å². The number of aromatic nitrogens is 4. The molecule has 0 radical (unpaired) electrons. The van der Waals surface area contributed by atoms with Crippen LogP contribution in [-0.2, 0) is 17.4 Å². The maximum atomic E-state index is 12.8. The lowest BCUT2D eigenvalue weighted by Crippen LogP contribution is -2.21. The summed E-state index contributed by atoms with van der Waals surface area (Å²) in [5.41, 5.74) is 6.73. The number of primary amides is 1. The van der Waals surface area contributed by atoms with Crippen molar-refractivity contribution in [3.63, 3.8) is 0 Å². The smallest absolute Gasteiger partial charge is 0.366 e. The SMILES string of the molecule is Cc1nc2nc(C(F)(F)F)nn2c(C)c1CC(=O)Nc1ccccc1C(N)=O. The third-order valence-corrected chi connectivity index (χ3v) is 4.11. The molecule has 2 heterocycles. The molecule has 0 spiro atoms. The Morgan fingerprint density at radius 1 is 1.18 bits per heavy atom. The minimum Gasteiger partial charge on any atom is -0.366 e. The van der Waals surface area contributed by atoms with Crippen molar-refractivity contribution >= 4 is 23.3 Å². The molecule has 1 aromatic carbocycles. The summed E-state index contributed by atoms with van der Waals surface area (Å²) in [7, 11) is 0. The van der Waals surface area contributed by atoms with E-state index >= 15 is 0 Å². The van der Waals surface area contributed by atoms with E-state index in [9.17, 15) is 22.8 Å². The average Bonchev–Trinajstić information content (AvgIpc) is 3.03. The Balaban J connectivity index is 1.92. The third kappa shape index (κ3) is 3.63. The number of carbonyl (C=O) groups excluding carboxylic acids is 2. The molecule has 0 saturated heterocycles. The topological polar surface area (TPSA) is 115 Å². The van der Waals surface area contributed by atoms with Crippen molar-refractivity contribution in [3.8, 4) is 0 Å². The van der Waals surface area contributed by atoms with Crippen molar-refractivity contribution in [2.24, 2.45) is 5.73 Å². The van der Waals surface area contributed by atoms with E-state index in [1.807, 2.05) is 0 Å². The number of carbonyl (C=O) groups is 2. The number of alkyl halides is 3. The first-order valence-corrected chi connectivity index (χ1v) is 8.06. The Labute approximate surface area is 156 Å². The number of nitrogens with two attached hydrogens (primary N) is 1. The van der Waals surface area contributed by atoms with Crippen LogP contribution < -0.4 is 11.1 Å². The van der Waals surface area contributed by atoms with E-state index in [1.165, 1.54) is 19.1 Å². The average molecular weight is 392 g/mol. The Kier molecular flexibility index (Phi) is 4.75. The van der Waals surface area contributed by atoms with Crippen molar-refractivity contribution in [3.05, 3.63) is 52.6 Å². The maximum Gasteiger partial charge on any atom is 0.453 e. The number of hydrogen-bond acceptors (Lipinski definition) is 5. The molecule has 3 N–H and O–H groups in total. The van der Waals surface area contributed by atoms with Gasteiger partial charge in [-0.3, -0.25) is 9.59 Å². The van der Waals surface area contributed by atoms with Crippen molar-refractivity contribution < 1.29 is 22.8 Å². The summed E-state index contributed by atoms with van der Waals surface area (Å²) in [4.78, 5) is 31.3. The Morgan fingerprint density at radius 2 is 1.86 bits per heavy atom. The Hall–Kier alpha value is -3.50. The van der Waals surface area contributed by atoms with Crippen LogP contribution in [0.25, 0.3) is 5.78 Å². The van der Waals surface area contributed by atoms with Gasteiger partial charge in [-0.25, -0.2) is 9.50 Å². The molecule has 146 valence electrons. The summed E-state index contributed by atoms with van der Waals surface area (Å²) in [5.74, 6) is -2.70. The van der Waals surface area contributed by atoms with Gasteiger partial charge >= 0.3 is 6.18 Å². The predicted octanol–water partition coefficient (Wildman–Crippen LogP) is 2.04. The van der Waals surface area contributed by atoms with Crippen molar-refractivity contribution in [1.82, 2.24) is 19.6 Å². The highest BCUT2D eigenvalue weighted by Crippen LogP contribution is 2.27. The van der Waals surface area contributed by atoms with E-state index in [0.717, 1.165) is 4.52 Å². The molecule has 3 rings (SSSR count). The van der Waals surface area contributed by atoms with Crippen molar-refractivity contribution in [1.29, 1.82) is 0 Å². The van der Waals surface area contributed by atoms with Gasteiger partial charge in [0.2, 0.25) is 5.91 Å². The second-order valence-corrected chi connectivity index (χ2v) is 6.04. The molecule has 2 amide bonds. The lowest BCUT2D eigenvalue weighted by Gasteiger charge is -2.12. The van der Waals surface area contributed by atoms with Crippen LogP contribution in [0.3, 0.4) is 0 Å². The summed E-state index contributed by atoms with van der Waals surface area (Å²) < 4.78 is 39.5. The second kappa shape index (κ2) is 6.91. The number of fused-ring (bicyclic) bond motifs is 1. The molecular weight excluding hydrogens is 377 g/mol. The fraction of sp³-hybridized carbons (Fsp3) is 0.235. The number of rotatable bonds is 4. The zero-order valence-corrected chi connectivity index (χ0v) is 14.8. The Bertz CT molecular complexity index is 1090. The molecule has 3 aromatic rings. The van der Waals surface area contributed by atoms with Gasteiger partial charge in [0.15, 0.2) is 0 Å². The van der Waals surface area contributed by atoms with Gasteiger partial charge in [-0.2, -0.15) is 18.2 Å². The van der Waals surface area contributed by atoms with E-state index in [-0.39, 0.29) is 23.4 Å². The van der Waals surface area contributed by atoms with Crippen LogP contribution in [0, 0.1) is 13.8 Å². The summed E-state index contributed by atoms with van der Waals surface area (Å²) >= 11 is 0. The molecule has 8 nitrogen and oxygen atoms in total. The molecule has 0 aliphatic heterocycles. The first kappa shape index (κ1) is 19.3. The molecule has 0 bridgehead atoms. The van der Waals surface area contributed by atoms with E-state index in [0.29, 0.717) is 17.0 Å². The van der Waals surface area contributed by atoms with Crippen LogP contribution in [0.4, 0.5) is 18.9 Å². The fourth-order valence-electron chi connectivity index (χ4n) is 2.75. The zero-order valence-electron chi connectivity index (χ0n) is 14.8. The van der Waals surface area contributed by atoms with Gasteiger partial charge in [0.05, 0.1) is 17.7 Å². The fourth-order valence-corrected chi connectivity index (χ4v) is 2.75. The summed E-state index contributed by atoms with van der Waals surface area (Å²) in [6.45, 7) is 3.09. The minimum atomic E-state index is -4.70. The van der Waals surface area contributed by atoms with E-state index in [4.69, 9.17) is 5.73 Å². The largest absolute Gasteiger partial charge is 0.453 e. The zero-order chi connectivity index (χ0) is 20.6. The van der Waals surface area contributed by atoms with Gasteiger partial charge in [-0.15, -0.1) is 5.10 Å². The second-order valence-electron chi connectivity index (χ2n) is 6.04. The standard InChI is InChI=1S/C17H15F3N6O2/c1-8-11(7-13(27)23-12-6-4-3-5-10(12)14(21)28)9(2)26-16(22-8)24-15(25-26)17(18,19)20/h3-6H,7H2,1-2H3,(H2,21,28)(H,23,27). The lowest BCUT2D eigenvalue weighted by molar-refractivity contribution is -0.144. The van der Waals surface area contributed by atoms with Crippen LogP contribution in [-0.4, -0.2) is 31.4 Å². The van der Waals surface area contributed by atoms with Crippen LogP contribution in [0.15, 0.2) is 24.3 Å². The van der Waals surface area contributed by atoms with Crippen LogP contribution >= 0.6 is 0 Å². The lowest BCUT2D eigenvalue weighted by atomic mass is 10.1. The predicted molar refractivity (Wildman–Crippen MR) is 92.6 cm³/mol. The van der Waals surface area contributed by atoms with Gasteiger partial charge in [-0.1, -0.05) is 12.1 Å². The van der Waals surface area contributed by atoms with Gasteiger partial charge < -0.3 is 11.1 Å². The first-order valence-electron chi connectivity index (χ1n) is 8.06. The highest BCUT2D eigenvalue weighted by Gasteiger charge is 2.37. The number of nitrogens with one attached hydrogen (secondary N) is 1. The van der Waals surface area contributed by atoms with Crippen LogP contribution in [0.5, 0.6) is 0 Å². The number of hydrogen-bond donors (Lipinski definition) is 2. The third-order valence-electron chi connectivity index (χ3n) is 4.11. The number of benzene rings is 1. The summed E-state index contributed by atoms with van der Waals surface area (Å²) in [6.07, 6.45) is -4.89. The highest BCUT2D eigenvalue weighted by atomic mass is 19.4. The number of para-hydroxylation sites is 1. The summed E-state index contributed by atoms with van der Waals surface area (Å²) in [6, 6.07) is 6.22. The molecule has 11 heteroatoms. The minimum absolute atomic E-state index is 0.143. The number of nitrogens with zero attached hydrogens (tertiary/aromatic N) is 4. The maximum absolute atomic E-state index is 12.8. The van der Waals surface area contributed by atoms with E-state index in [1.54, 1.807) is 19.1 Å². The summed E-state index contributed by atoms with van der Waals surface area (Å²) in [5, 5.41) is 6.02. The number of halogens is 3. The van der Waals surface area contributed by atoms with Crippen LogP contribution in [0.2, 0.25) is 0 Å². The molecule has 0 aliphatic carbocycles. The van der Waals surface area contributed by atoms with E-state index in [2.05, 4.69) is 20.4 Å². The monoisotopic (exact) mass is 392 g/mol. The molecule has 28 heavy (non-hydrogen) atoms. The first-order chi connectivity index (χ1) is 13.1. The van der Waals surface area contributed by atoms with Crippen molar-refractivity contribution in [2.75, 3.05) is 5.32 Å². The highest BCUT2D eigenvalue weighted by molar-refractivity contribution is 6.03. The quantitative estimate of drug-likeness (QED) is 0.705. The number of amides is 2. The molecule has 0 fully saturated rings. The molecule has 0 saturated carbocycles. The van der Waals surface area contributed by atoms with Crippen molar-refractivity contribution in [2.45, 2.75) is 26.4 Å². The van der Waals surface area contributed by atoms with E-state index < -0.39 is 23.8 Å². The van der Waals surface area contributed by atoms with Gasteiger partial charge in [0, 0.05) is 17.0 Å². The number of anilines is 1. The van der Waals surface area contributed by atoms with Gasteiger partial charge in [0.1, 0.15) is 0 Å². The number of aryl methyl sites for hydroxylation is 2. The molecule has 2 aromatic heterocycles.